The van der Waals surface area contributed by atoms with Crippen molar-refractivity contribution in [3.05, 3.63) is 35.7 Å². The van der Waals surface area contributed by atoms with Gasteiger partial charge in [0.1, 0.15) is 11.6 Å². The predicted molar refractivity (Wildman–Crippen MR) is 79.8 cm³/mol. The number of aryl methyl sites for hydroxylation is 2. The number of nitrogens with zero attached hydrogens (tertiary/aromatic N) is 5. The third kappa shape index (κ3) is 2.73. The standard InChI is InChI=1S/C15H23N5O/c1-4-20-12(2)16-17-15(20)10-19-8-9-21-11-14(19)13-6-5-7-18(13)3/h5-7,14H,4,8-11H2,1-3H3. The first-order chi connectivity index (χ1) is 10.2. The lowest BCUT2D eigenvalue weighted by Gasteiger charge is -2.35. The molecule has 0 spiro atoms. The van der Waals surface area contributed by atoms with Gasteiger partial charge in [0.25, 0.3) is 0 Å². The predicted octanol–water partition coefficient (Wildman–Crippen LogP) is 1.52. The first-order valence-corrected chi connectivity index (χ1v) is 7.52. The molecule has 1 atom stereocenters. The van der Waals surface area contributed by atoms with Crippen LogP contribution in [0.3, 0.4) is 0 Å². The van der Waals surface area contributed by atoms with Gasteiger partial charge in [-0.25, -0.2) is 0 Å². The van der Waals surface area contributed by atoms with Crippen LogP contribution in [-0.2, 0) is 24.9 Å². The van der Waals surface area contributed by atoms with E-state index in [2.05, 4.69) is 56.5 Å². The van der Waals surface area contributed by atoms with Crippen LogP contribution in [0.2, 0.25) is 0 Å². The molecule has 0 radical (unpaired) electrons. The zero-order chi connectivity index (χ0) is 14.8. The third-order valence-electron chi connectivity index (χ3n) is 4.24. The van der Waals surface area contributed by atoms with Gasteiger partial charge in [0.2, 0.25) is 0 Å². The first kappa shape index (κ1) is 14.3. The van der Waals surface area contributed by atoms with E-state index in [-0.39, 0.29) is 6.04 Å². The number of hydrogen-bond acceptors (Lipinski definition) is 4. The summed E-state index contributed by atoms with van der Waals surface area (Å²) < 4.78 is 10.0. The van der Waals surface area contributed by atoms with E-state index in [4.69, 9.17) is 4.74 Å². The molecule has 6 heteroatoms. The van der Waals surface area contributed by atoms with Gasteiger partial charge < -0.3 is 13.9 Å². The van der Waals surface area contributed by atoms with Crippen molar-refractivity contribution in [3.8, 4) is 0 Å². The molecule has 0 aliphatic carbocycles. The SMILES string of the molecule is CCn1c(C)nnc1CN1CCOCC1c1cccn1C. The molecule has 1 aliphatic heterocycles. The molecular formula is C15H23N5O. The van der Waals surface area contributed by atoms with Crippen molar-refractivity contribution < 1.29 is 4.74 Å². The first-order valence-electron chi connectivity index (χ1n) is 7.52. The maximum Gasteiger partial charge on any atom is 0.147 e. The second-order valence-corrected chi connectivity index (χ2v) is 5.51. The molecule has 0 saturated carbocycles. The van der Waals surface area contributed by atoms with Crippen molar-refractivity contribution >= 4 is 0 Å². The molecule has 3 heterocycles. The molecule has 0 bridgehead atoms. The minimum Gasteiger partial charge on any atom is -0.378 e. The highest BCUT2D eigenvalue weighted by molar-refractivity contribution is 5.13. The molecule has 2 aromatic rings. The smallest absolute Gasteiger partial charge is 0.147 e. The van der Waals surface area contributed by atoms with E-state index in [0.29, 0.717) is 0 Å². The topological polar surface area (TPSA) is 48.1 Å². The lowest BCUT2D eigenvalue weighted by Crippen LogP contribution is -2.40. The van der Waals surface area contributed by atoms with Gasteiger partial charge in [-0.15, -0.1) is 10.2 Å². The van der Waals surface area contributed by atoms with Crippen LogP contribution in [-0.4, -0.2) is 44.0 Å². The van der Waals surface area contributed by atoms with Crippen LogP contribution in [0, 0.1) is 6.92 Å². The fourth-order valence-corrected chi connectivity index (χ4v) is 3.05. The Morgan fingerprint density at radius 2 is 2.24 bits per heavy atom. The zero-order valence-corrected chi connectivity index (χ0v) is 13.0. The highest BCUT2D eigenvalue weighted by Crippen LogP contribution is 2.25. The van der Waals surface area contributed by atoms with Crippen LogP contribution < -0.4 is 0 Å². The fraction of sp³-hybridized carbons (Fsp3) is 0.600. The summed E-state index contributed by atoms with van der Waals surface area (Å²) in [4.78, 5) is 2.44. The Hall–Kier alpha value is -1.66. The van der Waals surface area contributed by atoms with E-state index in [1.807, 2.05) is 6.92 Å². The van der Waals surface area contributed by atoms with Crippen molar-refractivity contribution in [1.82, 2.24) is 24.2 Å². The maximum atomic E-state index is 5.69. The van der Waals surface area contributed by atoms with Gasteiger partial charge in [-0.3, -0.25) is 4.90 Å². The summed E-state index contributed by atoms with van der Waals surface area (Å²) in [7, 11) is 2.08. The quantitative estimate of drug-likeness (QED) is 0.856. The third-order valence-corrected chi connectivity index (χ3v) is 4.24. The summed E-state index contributed by atoms with van der Waals surface area (Å²) in [6.07, 6.45) is 2.08. The molecule has 0 amide bonds. The van der Waals surface area contributed by atoms with E-state index in [1.54, 1.807) is 0 Å². The van der Waals surface area contributed by atoms with E-state index < -0.39 is 0 Å². The van der Waals surface area contributed by atoms with Gasteiger partial charge in [0, 0.05) is 32.0 Å². The van der Waals surface area contributed by atoms with Gasteiger partial charge in [-0.2, -0.15) is 0 Å². The fourth-order valence-electron chi connectivity index (χ4n) is 3.05. The minimum absolute atomic E-state index is 0.279. The lowest BCUT2D eigenvalue weighted by atomic mass is 10.1. The Kier molecular flexibility index (Phi) is 4.07. The largest absolute Gasteiger partial charge is 0.378 e. The Balaban J connectivity index is 1.83. The summed E-state index contributed by atoms with van der Waals surface area (Å²) >= 11 is 0. The summed E-state index contributed by atoms with van der Waals surface area (Å²) in [6, 6.07) is 4.53. The molecular weight excluding hydrogens is 266 g/mol. The minimum atomic E-state index is 0.279. The molecule has 21 heavy (non-hydrogen) atoms. The molecule has 0 N–H and O–H groups in total. The molecule has 2 aromatic heterocycles. The van der Waals surface area contributed by atoms with Crippen molar-refractivity contribution in [2.75, 3.05) is 19.8 Å². The van der Waals surface area contributed by atoms with Gasteiger partial charge in [0.15, 0.2) is 0 Å². The highest BCUT2D eigenvalue weighted by Gasteiger charge is 2.27. The Bertz CT molecular complexity index is 603. The second kappa shape index (κ2) is 5.99. The van der Waals surface area contributed by atoms with Crippen molar-refractivity contribution in [1.29, 1.82) is 0 Å². The average molecular weight is 289 g/mol. The van der Waals surface area contributed by atoms with Crippen LogP contribution in [0.4, 0.5) is 0 Å². The van der Waals surface area contributed by atoms with Gasteiger partial charge in [-0.05, 0) is 26.0 Å². The van der Waals surface area contributed by atoms with Gasteiger partial charge >= 0.3 is 0 Å². The van der Waals surface area contributed by atoms with Crippen LogP contribution in [0.1, 0.15) is 30.3 Å². The Labute approximate surface area is 125 Å². The monoisotopic (exact) mass is 289 g/mol. The zero-order valence-electron chi connectivity index (χ0n) is 13.0. The molecule has 3 rings (SSSR count). The molecule has 1 unspecified atom stereocenters. The Morgan fingerprint density at radius 3 is 2.95 bits per heavy atom. The highest BCUT2D eigenvalue weighted by atomic mass is 16.5. The molecule has 6 nitrogen and oxygen atoms in total. The molecule has 1 fully saturated rings. The number of hydrogen-bond donors (Lipinski definition) is 0. The summed E-state index contributed by atoms with van der Waals surface area (Å²) in [5.74, 6) is 2.02. The maximum absolute atomic E-state index is 5.69. The lowest BCUT2D eigenvalue weighted by molar-refractivity contribution is -0.0168. The average Bonchev–Trinajstić information content (AvgIpc) is 3.06. The van der Waals surface area contributed by atoms with Crippen molar-refractivity contribution in [2.45, 2.75) is 33.0 Å². The summed E-state index contributed by atoms with van der Waals surface area (Å²) in [5.41, 5.74) is 1.29. The number of morpholine rings is 1. The second-order valence-electron chi connectivity index (χ2n) is 5.51. The summed E-state index contributed by atoms with van der Waals surface area (Å²) in [5, 5.41) is 8.55. The Morgan fingerprint density at radius 1 is 1.38 bits per heavy atom. The number of aromatic nitrogens is 4. The van der Waals surface area contributed by atoms with E-state index >= 15 is 0 Å². The van der Waals surface area contributed by atoms with Crippen LogP contribution in [0.5, 0.6) is 0 Å². The van der Waals surface area contributed by atoms with Gasteiger partial charge in [-0.1, -0.05) is 0 Å². The summed E-state index contributed by atoms with van der Waals surface area (Å²) in [6.45, 7) is 8.30. The molecule has 114 valence electrons. The molecule has 0 aromatic carbocycles. The molecule has 1 aliphatic rings. The van der Waals surface area contributed by atoms with Crippen LogP contribution in [0.15, 0.2) is 18.3 Å². The number of ether oxygens (including phenoxy) is 1. The van der Waals surface area contributed by atoms with Crippen molar-refractivity contribution in [2.24, 2.45) is 7.05 Å². The van der Waals surface area contributed by atoms with Crippen LogP contribution >= 0.6 is 0 Å². The van der Waals surface area contributed by atoms with E-state index in [0.717, 1.165) is 44.5 Å². The number of rotatable bonds is 4. The normalized spacial score (nSPS) is 20.0. The van der Waals surface area contributed by atoms with Crippen molar-refractivity contribution in [3.63, 3.8) is 0 Å². The van der Waals surface area contributed by atoms with E-state index in [9.17, 15) is 0 Å². The van der Waals surface area contributed by atoms with Crippen LogP contribution in [0.25, 0.3) is 0 Å². The van der Waals surface area contributed by atoms with Gasteiger partial charge in [0.05, 0.1) is 25.8 Å². The molecule has 1 saturated heterocycles. The van der Waals surface area contributed by atoms with E-state index in [1.165, 1.54) is 5.69 Å².